The highest BCUT2D eigenvalue weighted by Gasteiger charge is 2.44. The summed E-state index contributed by atoms with van der Waals surface area (Å²) >= 11 is 0. The molecule has 4 rings (SSSR count). The summed E-state index contributed by atoms with van der Waals surface area (Å²) in [6, 6.07) is 16.3. The molecule has 2 aliphatic rings. The number of nitrogens with zero attached hydrogens (tertiary/aromatic N) is 1. The summed E-state index contributed by atoms with van der Waals surface area (Å²) in [5, 5.41) is 5.93. The van der Waals surface area contributed by atoms with Crippen LogP contribution in [0.5, 0.6) is 0 Å². The summed E-state index contributed by atoms with van der Waals surface area (Å²) < 4.78 is 6.60. The third kappa shape index (κ3) is 4.74. The number of ether oxygens (including phenoxy) is 1. The van der Waals surface area contributed by atoms with Crippen LogP contribution in [0.4, 0.5) is 10.5 Å². The lowest BCUT2D eigenvalue weighted by Crippen LogP contribution is -2.52. The molecule has 1 atom stereocenters. The van der Waals surface area contributed by atoms with Gasteiger partial charge in [0.05, 0.1) is 11.7 Å². The zero-order valence-electron chi connectivity index (χ0n) is 18.3. The second kappa shape index (κ2) is 9.10. The average Bonchev–Trinajstić information content (AvgIpc) is 2.78. The molecule has 164 valence electrons. The predicted octanol–water partition coefficient (Wildman–Crippen LogP) is 3.85. The lowest BCUT2D eigenvalue weighted by atomic mass is 9.78. The predicted molar refractivity (Wildman–Crippen MR) is 121 cm³/mol. The van der Waals surface area contributed by atoms with Crippen LogP contribution in [0, 0.1) is 0 Å². The van der Waals surface area contributed by atoms with Crippen molar-refractivity contribution in [2.45, 2.75) is 51.2 Å². The van der Waals surface area contributed by atoms with Crippen molar-refractivity contribution >= 4 is 17.6 Å². The number of piperidine rings is 1. The summed E-state index contributed by atoms with van der Waals surface area (Å²) in [6.45, 7) is 5.39. The van der Waals surface area contributed by atoms with Crippen molar-refractivity contribution in [1.29, 1.82) is 0 Å². The molecule has 2 aromatic carbocycles. The van der Waals surface area contributed by atoms with Crippen molar-refractivity contribution in [3.05, 3.63) is 65.2 Å². The number of carbonyl (C=O) groups is 2. The van der Waals surface area contributed by atoms with Crippen molar-refractivity contribution in [3.8, 4) is 0 Å². The molecule has 0 aliphatic carbocycles. The maximum Gasteiger partial charge on any atom is 0.321 e. The second-order valence-corrected chi connectivity index (χ2v) is 8.50. The largest absolute Gasteiger partial charge is 0.365 e. The Morgan fingerprint density at radius 2 is 1.90 bits per heavy atom. The molecular formula is C25H31N3O3. The van der Waals surface area contributed by atoms with E-state index in [-0.39, 0.29) is 18.0 Å². The number of rotatable bonds is 4. The quantitative estimate of drug-likeness (QED) is 0.788. The van der Waals surface area contributed by atoms with E-state index in [0.29, 0.717) is 19.6 Å². The zero-order valence-corrected chi connectivity index (χ0v) is 18.3. The number of aryl methyl sites for hydroxylation is 1. The van der Waals surface area contributed by atoms with Crippen molar-refractivity contribution in [3.63, 3.8) is 0 Å². The Labute approximate surface area is 184 Å². The number of anilines is 1. The number of hydrogen-bond donors (Lipinski definition) is 2. The lowest BCUT2D eigenvalue weighted by molar-refractivity contribution is -0.138. The highest BCUT2D eigenvalue weighted by molar-refractivity contribution is 5.89. The molecule has 1 fully saturated rings. The van der Waals surface area contributed by atoms with Gasteiger partial charge in [0.25, 0.3) is 0 Å². The Morgan fingerprint density at radius 1 is 1.13 bits per heavy atom. The van der Waals surface area contributed by atoms with E-state index in [0.717, 1.165) is 31.4 Å². The van der Waals surface area contributed by atoms with Crippen molar-refractivity contribution in [1.82, 2.24) is 10.2 Å². The Balaban J connectivity index is 1.45. The molecule has 31 heavy (non-hydrogen) atoms. The van der Waals surface area contributed by atoms with Gasteiger partial charge >= 0.3 is 6.03 Å². The van der Waals surface area contributed by atoms with E-state index in [1.165, 1.54) is 23.6 Å². The number of fused-ring (bicyclic) bond motifs is 2. The number of nitrogens with one attached hydrogen (secondary N) is 2. The van der Waals surface area contributed by atoms with Gasteiger partial charge in [-0.2, -0.15) is 0 Å². The first-order valence-electron chi connectivity index (χ1n) is 11.1. The van der Waals surface area contributed by atoms with Gasteiger partial charge in [-0.25, -0.2) is 4.79 Å². The highest BCUT2D eigenvalue weighted by Crippen LogP contribution is 2.43. The molecule has 1 unspecified atom stereocenters. The van der Waals surface area contributed by atoms with Gasteiger partial charge in [0, 0.05) is 38.7 Å². The van der Waals surface area contributed by atoms with E-state index in [2.05, 4.69) is 47.9 Å². The summed E-state index contributed by atoms with van der Waals surface area (Å²) in [6.07, 6.45) is 3.14. The van der Waals surface area contributed by atoms with Crippen LogP contribution in [0.15, 0.2) is 48.5 Å². The van der Waals surface area contributed by atoms with Gasteiger partial charge in [0.15, 0.2) is 0 Å². The third-order valence-corrected chi connectivity index (χ3v) is 6.37. The fraction of sp³-hybridized carbons (Fsp3) is 0.440. The Hall–Kier alpha value is -2.86. The molecule has 6 heteroatoms. The lowest BCUT2D eigenvalue weighted by Gasteiger charge is -2.47. The molecule has 1 spiro atoms. The Kier molecular flexibility index (Phi) is 6.28. The van der Waals surface area contributed by atoms with E-state index in [1.54, 1.807) is 0 Å². The molecule has 2 aromatic rings. The maximum atomic E-state index is 12.9. The monoisotopic (exact) mass is 421 g/mol. The van der Waals surface area contributed by atoms with E-state index in [1.807, 2.05) is 23.1 Å². The van der Waals surface area contributed by atoms with Crippen LogP contribution in [0.1, 0.15) is 43.4 Å². The molecule has 0 saturated carbocycles. The first-order valence-corrected chi connectivity index (χ1v) is 11.1. The molecule has 0 aromatic heterocycles. The number of carbonyl (C=O) groups excluding carboxylic acids is 2. The fourth-order valence-electron chi connectivity index (χ4n) is 4.71. The number of hydrogen-bond acceptors (Lipinski definition) is 3. The fourth-order valence-corrected chi connectivity index (χ4v) is 4.71. The minimum atomic E-state index is -0.406. The first-order chi connectivity index (χ1) is 15.0. The van der Waals surface area contributed by atoms with E-state index >= 15 is 0 Å². The van der Waals surface area contributed by atoms with Gasteiger partial charge in [-0.1, -0.05) is 43.3 Å². The highest BCUT2D eigenvalue weighted by atomic mass is 16.5. The zero-order chi connectivity index (χ0) is 21.8. The second-order valence-electron chi connectivity index (χ2n) is 8.50. The van der Waals surface area contributed by atoms with Crippen LogP contribution < -0.4 is 10.6 Å². The molecule has 2 aliphatic heterocycles. The minimum absolute atomic E-state index is 0.0462. The standard InChI is InChI=1S/C25H31N3O3/c1-3-19-7-6-9-21(15-19)27-24(30)28-13-11-25(12-14-28)23-10-5-4-8-20(23)16-22(31-25)17-26-18(2)29/h4-10,15,22H,3,11-14,16-17H2,1-2H3,(H,26,29)(H,27,30). The van der Waals surface area contributed by atoms with Gasteiger partial charge in [0.1, 0.15) is 0 Å². The first kappa shape index (κ1) is 21.4. The van der Waals surface area contributed by atoms with Gasteiger partial charge < -0.3 is 20.3 Å². The van der Waals surface area contributed by atoms with Gasteiger partial charge in [-0.3, -0.25) is 4.79 Å². The molecule has 2 heterocycles. The topological polar surface area (TPSA) is 70.7 Å². The molecular weight excluding hydrogens is 390 g/mol. The van der Waals surface area contributed by atoms with Gasteiger partial charge in [-0.05, 0) is 48.1 Å². The SMILES string of the molecule is CCc1cccc(NC(=O)N2CCC3(CC2)OC(CNC(C)=O)Cc2ccccc23)c1. The van der Waals surface area contributed by atoms with E-state index < -0.39 is 5.60 Å². The Morgan fingerprint density at radius 3 is 2.65 bits per heavy atom. The summed E-state index contributed by atoms with van der Waals surface area (Å²) in [7, 11) is 0. The molecule has 1 saturated heterocycles. The average molecular weight is 422 g/mol. The van der Waals surface area contributed by atoms with E-state index in [9.17, 15) is 9.59 Å². The molecule has 0 bridgehead atoms. The Bertz CT molecular complexity index is 951. The van der Waals surface area contributed by atoms with Crippen molar-refractivity contribution in [2.24, 2.45) is 0 Å². The van der Waals surface area contributed by atoms with Crippen molar-refractivity contribution < 1.29 is 14.3 Å². The van der Waals surface area contributed by atoms with Crippen LogP contribution in [0.3, 0.4) is 0 Å². The number of benzene rings is 2. The number of likely N-dealkylation sites (tertiary alicyclic amines) is 1. The molecule has 6 nitrogen and oxygen atoms in total. The number of urea groups is 1. The maximum absolute atomic E-state index is 12.9. The smallest absolute Gasteiger partial charge is 0.321 e. The van der Waals surface area contributed by atoms with Crippen molar-refractivity contribution in [2.75, 3.05) is 25.0 Å². The van der Waals surface area contributed by atoms with Gasteiger partial charge in [0.2, 0.25) is 5.91 Å². The molecule has 3 amide bonds. The normalized spacial score (nSPS) is 19.5. The van der Waals surface area contributed by atoms with Crippen LogP contribution in [-0.4, -0.2) is 42.6 Å². The molecule has 0 radical (unpaired) electrons. The molecule has 2 N–H and O–H groups in total. The summed E-state index contributed by atoms with van der Waals surface area (Å²) in [5.74, 6) is -0.0462. The van der Waals surface area contributed by atoms with Gasteiger partial charge in [-0.15, -0.1) is 0 Å². The third-order valence-electron chi connectivity index (χ3n) is 6.37. The summed E-state index contributed by atoms with van der Waals surface area (Å²) in [4.78, 5) is 26.1. The minimum Gasteiger partial charge on any atom is -0.365 e. The van der Waals surface area contributed by atoms with Crippen LogP contribution >= 0.6 is 0 Å². The summed E-state index contributed by atoms with van der Waals surface area (Å²) in [5.41, 5.74) is 4.13. The van der Waals surface area contributed by atoms with Crippen LogP contribution in [0.25, 0.3) is 0 Å². The van der Waals surface area contributed by atoms with Crippen LogP contribution in [-0.2, 0) is 28.0 Å². The number of amides is 3. The van der Waals surface area contributed by atoms with E-state index in [4.69, 9.17) is 4.74 Å². The van der Waals surface area contributed by atoms with Crippen LogP contribution in [0.2, 0.25) is 0 Å².